The highest BCUT2D eigenvalue weighted by molar-refractivity contribution is 7.98. The van der Waals surface area contributed by atoms with E-state index in [2.05, 4.69) is 11.3 Å². The van der Waals surface area contributed by atoms with Gasteiger partial charge in [0, 0.05) is 16.2 Å². The third-order valence-corrected chi connectivity index (χ3v) is 2.24. The van der Waals surface area contributed by atoms with E-state index in [1.54, 1.807) is 0 Å². The van der Waals surface area contributed by atoms with Crippen LogP contribution in [0.4, 0.5) is 0 Å². The summed E-state index contributed by atoms with van der Waals surface area (Å²) in [5.41, 5.74) is 6.91. The van der Waals surface area contributed by atoms with E-state index in [-0.39, 0.29) is 0 Å². The predicted octanol–water partition coefficient (Wildman–Crippen LogP) is 1.37. The van der Waals surface area contributed by atoms with Gasteiger partial charge < -0.3 is 5.73 Å². The third-order valence-electron chi connectivity index (χ3n) is 1.45. The van der Waals surface area contributed by atoms with Gasteiger partial charge in [-0.2, -0.15) is 0 Å². The van der Waals surface area contributed by atoms with E-state index in [1.165, 1.54) is 11.9 Å². The SMILES string of the molecule is C=C(N)c1ccccc1SNC=O. The van der Waals surface area contributed by atoms with Crippen molar-refractivity contribution in [3.05, 3.63) is 36.4 Å². The molecular formula is C9H10N2OS. The van der Waals surface area contributed by atoms with Gasteiger partial charge in [0.2, 0.25) is 6.41 Å². The Morgan fingerprint density at radius 2 is 2.23 bits per heavy atom. The van der Waals surface area contributed by atoms with Crippen LogP contribution in [0.25, 0.3) is 5.70 Å². The number of nitrogens with one attached hydrogen (secondary N) is 1. The van der Waals surface area contributed by atoms with Gasteiger partial charge in [-0.1, -0.05) is 24.8 Å². The molecule has 3 N–H and O–H groups in total. The Labute approximate surface area is 81.1 Å². The van der Waals surface area contributed by atoms with Crippen LogP contribution in [0.5, 0.6) is 0 Å². The Morgan fingerprint density at radius 3 is 2.85 bits per heavy atom. The first-order valence-corrected chi connectivity index (χ1v) is 4.47. The highest BCUT2D eigenvalue weighted by Crippen LogP contribution is 2.22. The molecule has 1 rings (SSSR count). The Morgan fingerprint density at radius 1 is 1.54 bits per heavy atom. The van der Waals surface area contributed by atoms with E-state index in [4.69, 9.17) is 5.73 Å². The monoisotopic (exact) mass is 194 g/mol. The van der Waals surface area contributed by atoms with Crippen molar-refractivity contribution < 1.29 is 4.79 Å². The van der Waals surface area contributed by atoms with Crippen LogP contribution in [0.15, 0.2) is 35.7 Å². The molecule has 0 aromatic heterocycles. The first kappa shape index (κ1) is 9.67. The molecule has 4 heteroatoms. The van der Waals surface area contributed by atoms with Crippen molar-refractivity contribution in [1.29, 1.82) is 0 Å². The van der Waals surface area contributed by atoms with Crippen molar-refractivity contribution in [3.63, 3.8) is 0 Å². The van der Waals surface area contributed by atoms with Gasteiger partial charge in [-0.3, -0.25) is 9.52 Å². The summed E-state index contributed by atoms with van der Waals surface area (Å²) < 4.78 is 2.50. The van der Waals surface area contributed by atoms with Gasteiger partial charge in [0.1, 0.15) is 0 Å². The minimum atomic E-state index is 0.496. The lowest BCUT2D eigenvalue weighted by molar-refractivity contribution is -0.107. The molecule has 0 aliphatic heterocycles. The van der Waals surface area contributed by atoms with E-state index in [0.717, 1.165) is 10.5 Å². The van der Waals surface area contributed by atoms with Crippen molar-refractivity contribution in [3.8, 4) is 0 Å². The largest absolute Gasteiger partial charge is 0.399 e. The van der Waals surface area contributed by atoms with Gasteiger partial charge in [0.05, 0.1) is 0 Å². The van der Waals surface area contributed by atoms with Crippen LogP contribution >= 0.6 is 11.9 Å². The third kappa shape index (κ3) is 2.52. The highest BCUT2D eigenvalue weighted by atomic mass is 32.2. The molecule has 68 valence electrons. The van der Waals surface area contributed by atoms with Crippen LogP contribution in [0, 0.1) is 0 Å². The minimum absolute atomic E-state index is 0.496. The first-order chi connectivity index (χ1) is 6.25. The Hall–Kier alpha value is -1.42. The lowest BCUT2D eigenvalue weighted by Crippen LogP contribution is -2.01. The lowest BCUT2D eigenvalue weighted by Gasteiger charge is -2.06. The molecule has 1 aromatic rings. The van der Waals surface area contributed by atoms with Crippen molar-refractivity contribution in [2.45, 2.75) is 4.90 Å². The van der Waals surface area contributed by atoms with Crippen LogP contribution in [0.2, 0.25) is 0 Å². The summed E-state index contributed by atoms with van der Waals surface area (Å²) in [5, 5.41) is 0. The molecule has 0 heterocycles. The topological polar surface area (TPSA) is 55.1 Å². The molecule has 0 atom stereocenters. The summed E-state index contributed by atoms with van der Waals surface area (Å²) in [6, 6.07) is 7.48. The Bertz CT molecular complexity index is 325. The zero-order chi connectivity index (χ0) is 9.68. The number of rotatable bonds is 4. The van der Waals surface area contributed by atoms with Crippen LogP contribution in [-0.2, 0) is 4.79 Å². The van der Waals surface area contributed by atoms with Crippen molar-refractivity contribution in [1.82, 2.24) is 4.72 Å². The second kappa shape index (κ2) is 4.57. The number of carbonyl (C=O) groups is 1. The van der Waals surface area contributed by atoms with E-state index >= 15 is 0 Å². The molecule has 0 saturated heterocycles. The molecule has 1 amide bonds. The number of carbonyl (C=O) groups excluding carboxylic acids is 1. The van der Waals surface area contributed by atoms with Crippen molar-refractivity contribution >= 4 is 24.1 Å². The van der Waals surface area contributed by atoms with E-state index < -0.39 is 0 Å². The maximum absolute atomic E-state index is 10.1. The molecule has 13 heavy (non-hydrogen) atoms. The standard InChI is InChI=1S/C9H10N2OS/c1-7(10)8-4-2-3-5-9(8)13-11-6-12/h2-6H,1,10H2,(H,11,12). The lowest BCUT2D eigenvalue weighted by atomic mass is 10.2. The number of hydrogen-bond donors (Lipinski definition) is 2. The van der Waals surface area contributed by atoms with Gasteiger partial charge in [0.25, 0.3) is 0 Å². The maximum atomic E-state index is 10.1. The maximum Gasteiger partial charge on any atom is 0.217 e. The molecule has 0 unspecified atom stereocenters. The average Bonchev–Trinajstić information content (AvgIpc) is 2.15. The Kier molecular flexibility index (Phi) is 3.40. The number of nitrogens with two attached hydrogens (primary N) is 1. The first-order valence-electron chi connectivity index (χ1n) is 3.65. The molecule has 0 bridgehead atoms. The molecule has 0 fully saturated rings. The quantitative estimate of drug-likeness (QED) is 0.562. The molecule has 1 aromatic carbocycles. The fourth-order valence-corrected chi connectivity index (χ4v) is 1.54. The second-order valence-corrected chi connectivity index (χ2v) is 3.24. The highest BCUT2D eigenvalue weighted by Gasteiger charge is 2.02. The normalized spacial score (nSPS) is 9.23. The number of amides is 1. The molecule has 0 saturated carbocycles. The second-order valence-electron chi connectivity index (χ2n) is 2.36. The van der Waals surface area contributed by atoms with Crippen LogP contribution in [0.3, 0.4) is 0 Å². The van der Waals surface area contributed by atoms with E-state index in [9.17, 15) is 4.79 Å². The summed E-state index contributed by atoms with van der Waals surface area (Å²) >= 11 is 1.22. The van der Waals surface area contributed by atoms with E-state index in [0.29, 0.717) is 12.1 Å². The van der Waals surface area contributed by atoms with Gasteiger partial charge in [-0.05, 0) is 18.0 Å². The fourth-order valence-electron chi connectivity index (χ4n) is 0.908. The van der Waals surface area contributed by atoms with Gasteiger partial charge >= 0.3 is 0 Å². The predicted molar refractivity (Wildman–Crippen MR) is 54.7 cm³/mol. The number of hydrogen-bond acceptors (Lipinski definition) is 3. The molecule has 3 nitrogen and oxygen atoms in total. The molecule has 0 aliphatic carbocycles. The van der Waals surface area contributed by atoms with Crippen LogP contribution < -0.4 is 10.5 Å². The molecule has 0 radical (unpaired) electrons. The number of benzene rings is 1. The zero-order valence-electron chi connectivity index (χ0n) is 6.99. The summed E-state index contributed by atoms with van der Waals surface area (Å²) in [6.07, 6.45) is 0.626. The summed E-state index contributed by atoms with van der Waals surface area (Å²) in [4.78, 5) is 11.0. The minimum Gasteiger partial charge on any atom is -0.399 e. The zero-order valence-corrected chi connectivity index (χ0v) is 7.80. The van der Waals surface area contributed by atoms with Crippen LogP contribution in [-0.4, -0.2) is 6.41 Å². The molecule has 0 spiro atoms. The average molecular weight is 194 g/mol. The summed E-state index contributed by atoms with van der Waals surface area (Å²) in [5.74, 6) is 0. The van der Waals surface area contributed by atoms with Crippen molar-refractivity contribution in [2.24, 2.45) is 5.73 Å². The van der Waals surface area contributed by atoms with Crippen molar-refractivity contribution in [2.75, 3.05) is 0 Å². The molecule has 0 aliphatic rings. The van der Waals surface area contributed by atoms with Gasteiger partial charge in [0.15, 0.2) is 0 Å². The van der Waals surface area contributed by atoms with Crippen LogP contribution in [0.1, 0.15) is 5.56 Å². The summed E-state index contributed by atoms with van der Waals surface area (Å²) in [6.45, 7) is 3.64. The smallest absolute Gasteiger partial charge is 0.217 e. The summed E-state index contributed by atoms with van der Waals surface area (Å²) in [7, 11) is 0. The fraction of sp³-hybridized carbons (Fsp3) is 0. The van der Waals surface area contributed by atoms with Gasteiger partial charge in [-0.15, -0.1) is 0 Å². The van der Waals surface area contributed by atoms with Gasteiger partial charge in [-0.25, -0.2) is 0 Å². The Balaban J connectivity index is 2.90. The van der Waals surface area contributed by atoms with E-state index in [1.807, 2.05) is 24.3 Å². The molecular weight excluding hydrogens is 184 g/mol.